The number of hydrogen-bond donors (Lipinski definition) is 3. The van der Waals surface area contributed by atoms with Gasteiger partial charge in [0.25, 0.3) is 12.3 Å². The quantitative estimate of drug-likeness (QED) is 0.110. The molecular formula is C37H34F7N7O4S. The molecule has 2 atom stereocenters. The van der Waals surface area contributed by atoms with Crippen LogP contribution in [-0.2, 0) is 40.8 Å². The van der Waals surface area contributed by atoms with Crippen LogP contribution in [0.3, 0.4) is 0 Å². The van der Waals surface area contributed by atoms with E-state index in [1.165, 1.54) is 50.7 Å². The molecule has 19 heteroatoms. The van der Waals surface area contributed by atoms with E-state index in [1.54, 1.807) is 0 Å². The molecule has 0 saturated carbocycles. The summed E-state index contributed by atoms with van der Waals surface area (Å²) in [5, 5.41) is 20.5. The number of aliphatic hydroxyl groups is 1. The van der Waals surface area contributed by atoms with Crippen LogP contribution in [0.4, 0.5) is 36.6 Å². The standard InChI is InChI=1S/C37H34F7N7O4S/c1-18-16-37(43,44)33-28(18)31(34(41)42)47-51(33)17-27(52)46-26(14-19-12-20(38)15-21(39)13-19)30-23(7-6-22(45-30)10-11-36(2,3)53)24-8-9-25(40)29-32(24)50(4)48-35(29)49-56(5,54)55/h6-9,12-13,15,18,26,34,53H,14,16-17H2,1-5H3,(H,46,52)(H,48,49)/t18-,26-/m0/s1. The van der Waals surface area contributed by atoms with E-state index in [0.29, 0.717) is 10.7 Å². The Kier molecular flexibility index (Phi) is 10.4. The highest BCUT2D eigenvalue weighted by Gasteiger charge is 2.50. The van der Waals surface area contributed by atoms with Gasteiger partial charge >= 0.3 is 0 Å². The van der Waals surface area contributed by atoms with Gasteiger partial charge in [-0.05, 0) is 74.1 Å². The van der Waals surface area contributed by atoms with Crippen LogP contribution in [0.1, 0.15) is 79.5 Å². The van der Waals surface area contributed by atoms with Crippen molar-refractivity contribution in [2.75, 3.05) is 11.0 Å². The van der Waals surface area contributed by atoms with E-state index < -0.39 is 94.1 Å². The maximum absolute atomic E-state index is 15.5. The Morgan fingerprint density at radius 3 is 2.34 bits per heavy atom. The van der Waals surface area contributed by atoms with Crippen LogP contribution in [0, 0.1) is 29.3 Å². The summed E-state index contributed by atoms with van der Waals surface area (Å²) < 4.78 is 131. The molecule has 0 fully saturated rings. The van der Waals surface area contributed by atoms with Crippen LogP contribution in [0.5, 0.6) is 0 Å². The van der Waals surface area contributed by atoms with E-state index >= 15 is 13.2 Å². The molecule has 1 aliphatic carbocycles. The summed E-state index contributed by atoms with van der Waals surface area (Å²) in [6, 6.07) is 6.47. The van der Waals surface area contributed by atoms with Crippen molar-refractivity contribution in [3.8, 4) is 23.0 Å². The van der Waals surface area contributed by atoms with Gasteiger partial charge in [0.1, 0.15) is 46.7 Å². The average molecular weight is 806 g/mol. The van der Waals surface area contributed by atoms with Crippen LogP contribution >= 0.6 is 0 Å². The third kappa shape index (κ3) is 8.35. The van der Waals surface area contributed by atoms with Crippen molar-refractivity contribution in [1.82, 2.24) is 29.9 Å². The van der Waals surface area contributed by atoms with Gasteiger partial charge in [-0.2, -0.15) is 19.0 Å². The Morgan fingerprint density at radius 2 is 1.71 bits per heavy atom. The van der Waals surface area contributed by atoms with Gasteiger partial charge in [-0.1, -0.05) is 12.8 Å². The van der Waals surface area contributed by atoms with Crippen LogP contribution in [0.15, 0.2) is 42.5 Å². The van der Waals surface area contributed by atoms with Gasteiger partial charge < -0.3 is 10.4 Å². The molecule has 0 unspecified atom stereocenters. The second-order valence-corrected chi connectivity index (χ2v) is 15.9. The zero-order chi connectivity index (χ0) is 41.1. The number of carbonyl (C=O) groups excluding carboxylic acids is 1. The largest absolute Gasteiger partial charge is 0.378 e. The van der Waals surface area contributed by atoms with Crippen LogP contribution in [0.2, 0.25) is 0 Å². The molecule has 3 aromatic heterocycles. The predicted molar refractivity (Wildman–Crippen MR) is 191 cm³/mol. The summed E-state index contributed by atoms with van der Waals surface area (Å²) in [5.74, 6) is -3.41. The number of rotatable bonds is 10. The van der Waals surface area contributed by atoms with Gasteiger partial charge in [0, 0.05) is 36.2 Å². The van der Waals surface area contributed by atoms with Crippen molar-refractivity contribution in [2.45, 2.75) is 70.1 Å². The first kappa shape index (κ1) is 40.2. The van der Waals surface area contributed by atoms with Crippen LogP contribution < -0.4 is 10.0 Å². The van der Waals surface area contributed by atoms with Crippen molar-refractivity contribution in [3.05, 3.63) is 93.8 Å². The predicted octanol–water partition coefficient (Wildman–Crippen LogP) is 6.38. The number of hydrogen-bond acceptors (Lipinski definition) is 7. The molecule has 5 aromatic rings. The Morgan fingerprint density at radius 1 is 1.05 bits per heavy atom. The molecule has 0 spiro atoms. The monoisotopic (exact) mass is 805 g/mol. The van der Waals surface area contributed by atoms with E-state index in [-0.39, 0.29) is 50.4 Å². The zero-order valence-electron chi connectivity index (χ0n) is 30.4. The number of aromatic nitrogens is 5. The highest BCUT2D eigenvalue weighted by Crippen LogP contribution is 2.51. The maximum Gasteiger partial charge on any atom is 0.290 e. The van der Waals surface area contributed by atoms with Gasteiger partial charge in [-0.3, -0.25) is 18.9 Å². The molecule has 6 rings (SSSR count). The fourth-order valence-corrected chi connectivity index (χ4v) is 7.37. The second kappa shape index (κ2) is 14.5. The number of fused-ring (bicyclic) bond motifs is 2. The third-order valence-corrected chi connectivity index (χ3v) is 9.44. The molecule has 3 heterocycles. The van der Waals surface area contributed by atoms with Crippen LogP contribution in [0.25, 0.3) is 22.0 Å². The zero-order valence-corrected chi connectivity index (χ0v) is 31.2. The number of pyridine rings is 1. The molecular weight excluding hydrogens is 772 g/mol. The molecule has 3 N–H and O–H groups in total. The van der Waals surface area contributed by atoms with Crippen molar-refractivity contribution in [3.63, 3.8) is 0 Å². The lowest BCUT2D eigenvalue weighted by Gasteiger charge is -2.23. The van der Waals surface area contributed by atoms with Gasteiger partial charge in [-0.25, -0.2) is 35.4 Å². The molecule has 56 heavy (non-hydrogen) atoms. The number of aryl methyl sites for hydroxylation is 1. The Labute approximate surface area is 316 Å². The summed E-state index contributed by atoms with van der Waals surface area (Å²) >= 11 is 0. The van der Waals surface area contributed by atoms with Crippen molar-refractivity contribution in [1.29, 1.82) is 0 Å². The first-order valence-corrected chi connectivity index (χ1v) is 18.8. The summed E-state index contributed by atoms with van der Waals surface area (Å²) in [5.41, 5.74) is -3.20. The fourth-order valence-electron chi connectivity index (χ4n) is 6.88. The molecule has 0 saturated heterocycles. The van der Waals surface area contributed by atoms with Gasteiger partial charge in [0.2, 0.25) is 15.9 Å². The number of nitrogens with one attached hydrogen (secondary N) is 2. The molecule has 1 aliphatic rings. The first-order valence-electron chi connectivity index (χ1n) is 16.9. The van der Waals surface area contributed by atoms with E-state index in [0.717, 1.165) is 24.5 Å². The van der Waals surface area contributed by atoms with Crippen molar-refractivity contribution < 1.29 is 49.1 Å². The van der Waals surface area contributed by atoms with Crippen molar-refractivity contribution in [2.24, 2.45) is 7.05 Å². The topological polar surface area (TPSA) is 144 Å². The summed E-state index contributed by atoms with van der Waals surface area (Å²) in [4.78, 5) is 18.5. The lowest BCUT2D eigenvalue weighted by molar-refractivity contribution is -0.122. The highest BCUT2D eigenvalue weighted by atomic mass is 32.2. The number of sulfonamides is 1. The Bertz CT molecular complexity index is 2530. The molecule has 0 bridgehead atoms. The molecule has 1 amide bonds. The normalized spacial score (nSPS) is 15.8. The molecule has 11 nitrogen and oxygen atoms in total. The minimum absolute atomic E-state index is 0.00159. The second-order valence-electron chi connectivity index (χ2n) is 14.1. The average Bonchev–Trinajstić information content (AvgIpc) is 3.68. The Balaban J connectivity index is 1.54. The van der Waals surface area contributed by atoms with E-state index in [4.69, 9.17) is 0 Å². The number of carbonyl (C=O) groups is 1. The van der Waals surface area contributed by atoms with Gasteiger partial charge in [0.05, 0.1) is 28.9 Å². The number of halogens is 7. The molecule has 0 aliphatic heterocycles. The fraction of sp³-hybridized carbons (Fsp3) is 0.351. The summed E-state index contributed by atoms with van der Waals surface area (Å²) in [6.07, 6.45) is -3.54. The Hall–Kier alpha value is -5.48. The number of amides is 1. The number of nitrogens with zero attached hydrogens (tertiary/aromatic N) is 5. The molecule has 2 aromatic carbocycles. The van der Waals surface area contributed by atoms with E-state index in [2.05, 4.69) is 37.1 Å². The third-order valence-electron chi connectivity index (χ3n) is 8.88. The minimum Gasteiger partial charge on any atom is -0.378 e. The van der Waals surface area contributed by atoms with Crippen LogP contribution in [-0.4, -0.2) is 55.8 Å². The summed E-state index contributed by atoms with van der Waals surface area (Å²) in [6.45, 7) is 3.20. The lowest BCUT2D eigenvalue weighted by atomic mass is 9.93. The first-order chi connectivity index (χ1) is 26.0. The lowest BCUT2D eigenvalue weighted by Crippen LogP contribution is -2.35. The van der Waals surface area contributed by atoms with Crippen molar-refractivity contribution >= 4 is 32.7 Å². The number of anilines is 1. The van der Waals surface area contributed by atoms with E-state index in [1.807, 2.05) is 0 Å². The van der Waals surface area contributed by atoms with Gasteiger partial charge in [0.15, 0.2) is 5.82 Å². The highest BCUT2D eigenvalue weighted by molar-refractivity contribution is 7.92. The summed E-state index contributed by atoms with van der Waals surface area (Å²) in [7, 11) is -2.53. The minimum atomic E-state index is -3.94. The van der Waals surface area contributed by atoms with E-state index in [9.17, 15) is 35.9 Å². The van der Waals surface area contributed by atoms with Gasteiger partial charge in [-0.15, -0.1) is 0 Å². The number of alkyl halides is 4. The molecule has 296 valence electrons. The maximum atomic E-state index is 15.5. The SMILES string of the molecule is C[C@H]1CC(F)(F)c2c1c(C(F)F)nn2CC(=O)N[C@@H](Cc1cc(F)cc(F)c1)c1nc(C#CC(C)(C)O)ccc1-c1ccc(F)c2c(NS(C)(=O)=O)nn(C)c12. The molecule has 0 radical (unpaired) electrons. The number of benzene rings is 2. The smallest absolute Gasteiger partial charge is 0.290 e.